The first kappa shape index (κ1) is 14.7. The zero-order valence-corrected chi connectivity index (χ0v) is 10.9. The van der Waals surface area contributed by atoms with E-state index >= 15 is 0 Å². The van der Waals surface area contributed by atoms with Crippen molar-refractivity contribution in [1.29, 1.82) is 0 Å². The maximum Gasteiger partial charge on any atom is 0.157 e. The van der Waals surface area contributed by atoms with E-state index in [2.05, 4.69) is 0 Å². The lowest BCUT2D eigenvalue weighted by atomic mass is 10.1. The standard InChI is InChI=1S/C14H26O3/c15-11-9-7-5-3-1-2-4-6-8-10-14-16-12-13-17-14/h11,14H,1-10,12-13H2. The highest BCUT2D eigenvalue weighted by atomic mass is 16.7. The molecule has 0 spiro atoms. The van der Waals surface area contributed by atoms with E-state index in [0.29, 0.717) is 0 Å². The summed E-state index contributed by atoms with van der Waals surface area (Å²) in [4.78, 5) is 10.1. The molecule has 1 aliphatic rings. The maximum atomic E-state index is 10.1. The highest BCUT2D eigenvalue weighted by molar-refractivity contribution is 5.48. The van der Waals surface area contributed by atoms with E-state index in [4.69, 9.17) is 9.47 Å². The smallest absolute Gasteiger partial charge is 0.157 e. The van der Waals surface area contributed by atoms with Crippen LogP contribution in [0.5, 0.6) is 0 Å². The number of aldehydes is 1. The van der Waals surface area contributed by atoms with Crippen LogP contribution in [0.4, 0.5) is 0 Å². The molecule has 0 N–H and O–H groups in total. The first-order valence-electron chi connectivity index (χ1n) is 7.10. The molecule has 0 saturated carbocycles. The fourth-order valence-electron chi connectivity index (χ4n) is 2.17. The molecular formula is C14H26O3. The summed E-state index contributed by atoms with van der Waals surface area (Å²) in [5.74, 6) is 0. The Morgan fingerprint density at radius 1 is 0.824 bits per heavy atom. The molecule has 1 rings (SSSR count). The van der Waals surface area contributed by atoms with E-state index in [-0.39, 0.29) is 6.29 Å². The van der Waals surface area contributed by atoms with Gasteiger partial charge in [-0.3, -0.25) is 0 Å². The lowest BCUT2D eigenvalue weighted by Crippen LogP contribution is -2.06. The minimum Gasteiger partial charge on any atom is -0.350 e. The highest BCUT2D eigenvalue weighted by Crippen LogP contribution is 2.14. The van der Waals surface area contributed by atoms with Crippen molar-refractivity contribution in [2.75, 3.05) is 13.2 Å². The monoisotopic (exact) mass is 242 g/mol. The molecule has 0 radical (unpaired) electrons. The number of rotatable bonds is 11. The fourth-order valence-corrected chi connectivity index (χ4v) is 2.17. The van der Waals surface area contributed by atoms with Crippen molar-refractivity contribution in [3.8, 4) is 0 Å². The molecular weight excluding hydrogens is 216 g/mol. The predicted molar refractivity (Wildman–Crippen MR) is 67.9 cm³/mol. The zero-order chi connectivity index (χ0) is 12.2. The summed E-state index contributed by atoms with van der Waals surface area (Å²) in [6, 6.07) is 0. The van der Waals surface area contributed by atoms with Gasteiger partial charge in [-0.25, -0.2) is 0 Å². The van der Waals surface area contributed by atoms with Crippen LogP contribution in [-0.2, 0) is 14.3 Å². The second kappa shape index (κ2) is 10.7. The second-order valence-electron chi connectivity index (χ2n) is 4.74. The molecule has 0 unspecified atom stereocenters. The van der Waals surface area contributed by atoms with Crippen LogP contribution in [-0.4, -0.2) is 25.8 Å². The van der Waals surface area contributed by atoms with Gasteiger partial charge >= 0.3 is 0 Å². The summed E-state index contributed by atoms with van der Waals surface area (Å²) < 4.78 is 10.8. The Kier molecular flexibility index (Phi) is 9.24. The van der Waals surface area contributed by atoms with Gasteiger partial charge < -0.3 is 14.3 Å². The molecule has 17 heavy (non-hydrogen) atoms. The molecule has 100 valence electrons. The molecule has 0 bridgehead atoms. The van der Waals surface area contributed by atoms with Crippen LogP contribution < -0.4 is 0 Å². The van der Waals surface area contributed by atoms with Crippen molar-refractivity contribution in [2.24, 2.45) is 0 Å². The minimum absolute atomic E-state index is 0.0818. The summed E-state index contributed by atoms with van der Waals surface area (Å²) in [7, 11) is 0. The summed E-state index contributed by atoms with van der Waals surface area (Å²) in [5.41, 5.74) is 0. The SMILES string of the molecule is O=CCCCCCCCCCCC1OCCO1. The van der Waals surface area contributed by atoms with Gasteiger partial charge in [0.15, 0.2) is 6.29 Å². The van der Waals surface area contributed by atoms with Crippen molar-refractivity contribution in [3.63, 3.8) is 0 Å². The molecule has 0 aromatic heterocycles. The Balaban J connectivity index is 1.70. The fraction of sp³-hybridized carbons (Fsp3) is 0.929. The van der Waals surface area contributed by atoms with Crippen LogP contribution in [0.2, 0.25) is 0 Å². The quantitative estimate of drug-likeness (QED) is 0.411. The molecule has 0 amide bonds. The number of unbranched alkanes of at least 4 members (excludes halogenated alkanes) is 8. The molecule has 0 atom stereocenters. The molecule has 3 heteroatoms. The van der Waals surface area contributed by atoms with E-state index in [1.807, 2.05) is 0 Å². The van der Waals surface area contributed by atoms with E-state index in [1.54, 1.807) is 0 Å². The van der Waals surface area contributed by atoms with E-state index in [1.165, 1.54) is 44.9 Å². The lowest BCUT2D eigenvalue weighted by molar-refractivity contribution is -0.107. The Morgan fingerprint density at radius 2 is 1.35 bits per heavy atom. The number of hydrogen-bond donors (Lipinski definition) is 0. The highest BCUT2D eigenvalue weighted by Gasteiger charge is 2.14. The van der Waals surface area contributed by atoms with Crippen molar-refractivity contribution in [3.05, 3.63) is 0 Å². The molecule has 1 heterocycles. The Hall–Kier alpha value is -0.410. The van der Waals surface area contributed by atoms with Crippen molar-refractivity contribution >= 4 is 6.29 Å². The van der Waals surface area contributed by atoms with Gasteiger partial charge in [0.25, 0.3) is 0 Å². The molecule has 3 nitrogen and oxygen atoms in total. The summed E-state index contributed by atoms with van der Waals surface area (Å²) in [5, 5.41) is 0. The van der Waals surface area contributed by atoms with Crippen LogP contribution in [0.15, 0.2) is 0 Å². The molecule has 0 aromatic carbocycles. The van der Waals surface area contributed by atoms with Crippen LogP contribution in [0.25, 0.3) is 0 Å². The van der Waals surface area contributed by atoms with E-state index in [9.17, 15) is 4.79 Å². The molecule has 0 aromatic rings. The normalized spacial score (nSPS) is 16.5. The average Bonchev–Trinajstić information content (AvgIpc) is 2.85. The number of hydrogen-bond acceptors (Lipinski definition) is 3. The number of ether oxygens (including phenoxy) is 2. The van der Waals surface area contributed by atoms with E-state index in [0.717, 1.165) is 38.8 Å². The Labute approximate surface area is 105 Å². The number of carbonyl (C=O) groups is 1. The molecule has 1 fully saturated rings. The zero-order valence-electron chi connectivity index (χ0n) is 10.9. The third-order valence-corrected chi connectivity index (χ3v) is 3.20. The Bertz CT molecular complexity index is 176. The van der Waals surface area contributed by atoms with Gasteiger partial charge in [-0.15, -0.1) is 0 Å². The topological polar surface area (TPSA) is 35.5 Å². The third kappa shape index (κ3) is 8.33. The van der Waals surface area contributed by atoms with Crippen LogP contribution in [0.3, 0.4) is 0 Å². The van der Waals surface area contributed by atoms with Gasteiger partial charge in [-0.1, -0.05) is 38.5 Å². The van der Waals surface area contributed by atoms with Crippen LogP contribution in [0, 0.1) is 0 Å². The van der Waals surface area contributed by atoms with E-state index < -0.39 is 0 Å². The van der Waals surface area contributed by atoms with Gasteiger partial charge in [-0.05, 0) is 19.3 Å². The maximum absolute atomic E-state index is 10.1. The number of carbonyl (C=O) groups excluding carboxylic acids is 1. The minimum atomic E-state index is 0.0818. The second-order valence-corrected chi connectivity index (χ2v) is 4.74. The van der Waals surface area contributed by atoms with Crippen molar-refractivity contribution < 1.29 is 14.3 Å². The third-order valence-electron chi connectivity index (χ3n) is 3.20. The average molecular weight is 242 g/mol. The molecule has 1 saturated heterocycles. The van der Waals surface area contributed by atoms with Crippen molar-refractivity contribution in [1.82, 2.24) is 0 Å². The first-order chi connectivity index (χ1) is 8.43. The Morgan fingerprint density at radius 3 is 1.94 bits per heavy atom. The first-order valence-corrected chi connectivity index (χ1v) is 7.10. The summed E-state index contributed by atoms with van der Waals surface area (Å²) >= 11 is 0. The van der Waals surface area contributed by atoms with Gasteiger partial charge in [0.1, 0.15) is 6.29 Å². The predicted octanol–water partition coefficient (Wildman–Crippen LogP) is 3.46. The van der Waals surface area contributed by atoms with Crippen LogP contribution >= 0.6 is 0 Å². The van der Waals surface area contributed by atoms with Gasteiger partial charge in [0.2, 0.25) is 0 Å². The molecule has 1 aliphatic heterocycles. The van der Waals surface area contributed by atoms with Crippen LogP contribution in [0.1, 0.15) is 64.2 Å². The molecule has 0 aliphatic carbocycles. The van der Waals surface area contributed by atoms with Crippen molar-refractivity contribution in [2.45, 2.75) is 70.5 Å². The lowest BCUT2D eigenvalue weighted by Gasteiger charge is -2.07. The summed E-state index contributed by atoms with van der Waals surface area (Å²) in [6.07, 6.45) is 12.9. The van der Waals surface area contributed by atoms with Gasteiger partial charge in [0.05, 0.1) is 13.2 Å². The largest absolute Gasteiger partial charge is 0.350 e. The summed E-state index contributed by atoms with van der Waals surface area (Å²) in [6.45, 7) is 1.54. The van der Waals surface area contributed by atoms with Gasteiger partial charge in [0, 0.05) is 6.42 Å². The van der Waals surface area contributed by atoms with Gasteiger partial charge in [-0.2, -0.15) is 0 Å².